The second-order valence-corrected chi connectivity index (χ2v) is 7.12. The van der Waals surface area contributed by atoms with Gasteiger partial charge in [0, 0.05) is 23.3 Å². The van der Waals surface area contributed by atoms with Crippen molar-refractivity contribution in [3.8, 4) is 17.7 Å². The van der Waals surface area contributed by atoms with Crippen LogP contribution in [0.5, 0.6) is 0 Å². The Labute approximate surface area is 162 Å². The molecule has 1 saturated carbocycles. The van der Waals surface area contributed by atoms with Crippen LogP contribution >= 0.6 is 0 Å². The lowest BCUT2D eigenvalue weighted by Crippen LogP contribution is -2.29. The standard InChI is InChI=1S/C21H21N5O2/c22-19(27)16-13-26(18-7-11-24-20(23)25-18)17-12-14(4-5-15(16)17)6-10-21(28)8-2-1-3-9-21/h4-5,7,11-13,28H,1-3,8-9H2,(H2,22,27)(H2,23,24,25). The van der Waals surface area contributed by atoms with Crippen molar-refractivity contribution in [3.05, 3.63) is 47.8 Å². The highest BCUT2D eigenvalue weighted by Crippen LogP contribution is 2.28. The van der Waals surface area contributed by atoms with Gasteiger partial charge in [-0.15, -0.1) is 0 Å². The van der Waals surface area contributed by atoms with Crippen LogP contribution in [0.2, 0.25) is 0 Å². The van der Waals surface area contributed by atoms with Gasteiger partial charge in [-0.2, -0.15) is 4.98 Å². The van der Waals surface area contributed by atoms with Gasteiger partial charge in [0.2, 0.25) is 5.95 Å². The van der Waals surface area contributed by atoms with E-state index >= 15 is 0 Å². The topological polar surface area (TPSA) is 120 Å². The smallest absolute Gasteiger partial charge is 0.250 e. The number of aromatic nitrogens is 3. The van der Waals surface area contributed by atoms with E-state index in [4.69, 9.17) is 11.5 Å². The molecule has 5 N–H and O–H groups in total. The van der Waals surface area contributed by atoms with Crippen LogP contribution < -0.4 is 11.5 Å². The monoisotopic (exact) mass is 375 g/mol. The predicted molar refractivity (Wildman–Crippen MR) is 107 cm³/mol. The Morgan fingerprint density at radius 2 is 2.00 bits per heavy atom. The summed E-state index contributed by atoms with van der Waals surface area (Å²) in [5.41, 5.74) is 12.2. The van der Waals surface area contributed by atoms with Crippen LogP contribution in [0.1, 0.15) is 48.0 Å². The summed E-state index contributed by atoms with van der Waals surface area (Å²) < 4.78 is 1.74. The number of carbonyl (C=O) groups is 1. The second-order valence-electron chi connectivity index (χ2n) is 7.12. The molecule has 7 nitrogen and oxygen atoms in total. The number of nitrogens with two attached hydrogens (primary N) is 2. The summed E-state index contributed by atoms with van der Waals surface area (Å²) in [7, 11) is 0. The minimum Gasteiger partial charge on any atom is -0.378 e. The van der Waals surface area contributed by atoms with Crippen molar-refractivity contribution in [2.45, 2.75) is 37.7 Å². The maximum absolute atomic E-state index is 11.9. The zero-order valence-electron chi connectivity index (χ0n) is 15.4. The van der Waals surface area contributed by atoms with Gasteiger partial charge in [-0.1, -0.05) is 24.3 Å². The van der Waals surface area contributed by atoms with E-state index in [1.807, 2.05) is 18.2 Å². The van der Waals surface area contributed by atoms with Gasteiger partial charge in [0.25, 0.3) is 5.91 Å². The molecule has 0 saturated heterocycles. The number of benzene rings is 1. The number of anilines is 1. The highest BCUT2D eigenvalue weighted by Gasteiger charge is 2.26. The van der Waals surface area contributed by atoms with Gasteiger partial charge in [-0.05, 0) is 43.9 Å². The number of amides is 1. The molecule has 142 valence electrons. The molecule has 0 bridgehead atoms. The molecule has 0 spiro atoms. The molecular formula is C21H21N5O2. The fourth-order valence-electron chi connectivity index (χ4n) is 3.64. The van der Waals surface area contributed by atoms with Gasteiger partial charge in [-0.25, -0.2) is 4.98 Å². The number of hydrogen-bond acceptors (Lipinski definition) is 5. The first-order chi connectivity index (χ1) is 13.5. The average molecular weight is 375 g/mol. The lowest BCUT2D eigenvalue weighted by molar-refractivity contribution is 0.0610. The van der Waals surface area contributed by atoms with E-state index in [0.717, 1.165) is 30.3 Å². The van der Waals surface area contributed by atoms with Crippen LogP contribution in [0.4, 0.5) is 5.95 Å². The number of carbonyl (C=O) groups excluding carboxylic acids is 1. The van der Waals surface area contributed by atoms with Gasteiger partial charge in [-0.3, -0.25) is 4.79 Å². The number of nitrogen functional groups attached to an aromatic ring is 1. The third-order valence-electron chi connectivity index (χ3n) is 5.10. The molecule has 2 aromatic heterocycles. The first kappa shape index (κ1) is 18.0. The lowest BCUT2D eigenvalue weighted by Gasteiger charge is -2.26. The van der Waals surface area contributed by atoms with Crippen molar-refractivity contribution in [1.29, 1.82) is 0 Å². The third-order valence-corrected chi connectivity index (χ3v) is 5.10. The molecule has 1 amide bonds. The van der Waals surface area contributed by atoms with Crippen molar-refractivity contribution in [1.82, 2.24) is 14.5 Å². The highest BCUT2D eigenvalue weighted by atomic mass is 16.3. The summed E-state index contributed by atoms with van der Waals surface area (Å²) >= 11 is 0. The number of primary amides is 1. The molecular weight excluding hydrogens is 354 g/mol. The molecule has 0 atom stereocenters. The van der Waals surface area contributed by atoms with Crippen molar-refractivity contribution >= 4 is 22.8 Å². The average Bonchev–Trinajstić information content (AvgIpc) is 3.06. The summed E-state index contributed by atoms with van der Waals surface area (Å²) in [6.07, 6.45) is 7.71. The van der Waals surface area contributed by atoms with Crippen molar-refractivity contribution in [3.63, 3.8) is 0 Å². The van der Waals surface area contributed by atoms with E-state index in [0.29, 0.717) is 29.6 Å². The molecule has 7 heteroatoms. The molecule has 0 radical (unpaired) electrons. The minimum absolute atomic E-state index is 0.135. The van der Waals surface area contributed by atoms with Crippen LogP contribution in [0.15, 0.2) is 36.7 Å². The molecule has 4 rings (SSSR count). The first-order valence-electron chi connectivity index (χ1n) is 9.25. The predicted octanol–water partition coefficient (Wildman–Crippen LogP) is 2.15. The number of hydrogen-bond donors (Lipinski definition) is 3. The summed E-state index contributed by atoms with van der Waals surface area (Å²) in [5, 5.41) is 11.3. The Hall–Kier alpha value is -3.37. The number of aliphatic hydroxyl groups is 1. The zero-order chi connectivity index (χ0) is 19.7. The number of rotatable bonds is 2. The maximum atomic E-state index is 11.9. The quantitative estimate of drug-likeness (QED) is 0.593. The van der Waals surface area contributed by atoms with E-state index in [2.05, 4.69) is 21.8 Å². The molecule has 0 unspecified atom stereocenters. The molecule has 1 aliphatic carbocycles. The molecule has 2 heterocycles. The van der Waals surface area contributed by atoms with Crippen LogP contribution in [-0.4, -0.2) is 31.1 Å². The van der Waals surface area contributed by atoms with E-state index < -0.39 is 11.5 Å². The van der Waals surface area contributed by atoms with E-state index in [1.54, 1.807) is 23.0 Å². The SMILES string of the molecule is NC(=O)c1cn(-c2ccnc(N)n2)c2cc(C#CC3(O)CCCCC3)ccc12. The lowest BCUT2D eigenvalue weighted by atomic mass is 9.85. The Kier molecular flexibility index (Phi) is 4.49. The molecule has 0 aliphatic heterocycles. The zero-order valence-corrected chi connectivity index (χ0v) is 15.4. The largest absolute Gasteiger partial charge is 0.378 e. The van der Waals surface area contributed by atoms with Crippen molar-refractivity contribution in [2.75, 3.05) is 5.73 Å². The van der Waals surface area contributed by atoms with Crippen LogP contribution in [0.25, 0.3) is 16.7 Å². The van der Waals surface area contributed by atoms with Gasteiger partial charge in [0.15, 0.2) is 0 Å². The molecule has 3 aromatic rings. The van der Waals surface area contributed by atoms with E-state index in [-0.39, 0.29) is 5.95 Å². The molecule has 1 aliphatic rings. The van der Waals surface area contributed by atoms with E-state index in [9.17, 15) is 9.90 Å². The second kappa shape index (κ2) is 6.98. The Bertz CT molecular complexity index is 1120. The van der Waals surface area contributed by atoms with Crippen molar-refractivity contribution < 1.29 is 9.90 Å². The fourth-order valence-corrected chi connectivity index (χ4v) is 3.64. The highest BCUT2D eigenvalue weighted by molar-refractivity contribution is 6.06. The summed E-state index contributed by atoms with van der Waals surface area (Å²) in [5.74, 6) is 6.26. The maximum Gasteiger partial charge on any atom is 0.250 e. The van der Waals surface area contributed by atoms with Gasteiger partial charge in [0.05, 0.1) is 11.1 Å². The van der Waals surface area contributed by atoms with Crippen LogP contribution in [0, 0.1) is 11.8 Å². The summed E-state index contributed by atoms with van der Waals surface area (Å²) in [4.78, 5) is 20.0. The summed E-state index contributed by atoms with van der Waals surface area (Å²) in [6.45, 7) is 0. The van der Waals surface area contributed by atoms with Gasteiger partial charge < -0.3 is 21.1 Å². The fraction of sp³-hybridized carbons (Fsp3) is 0.286. The molecule has 28 heavy (non-hydrogen) atoms. The third kappa shape index (κ3) is 3.42. The first-order valence-corrected chi connectivity index (χ1v) is 9.25. The molecule has 1 aromatic carbocycles. The Balaban J connectivity index is 1.82. The van der Waals surface area contributed by atoms with Crippen molar-refractivity contribution in [2.24, 2.45) is 5.73 Å². The Morgan fingerprint density at radius 1 is 1.21 bits per heavy atom. The Morgan fingerprint density at radius 3 is 2.71 bits per heavy atom. The summed E-state index contributed by atoms with van der Waals surface area (Å²) in [6, 6.07) is 7.20. The van der Waals surface area contributed by atoms with Gasteiger partial charge >= 0.3 is 0 Å². The van der Waals surface area contributed by atoms with Gasteiger partial charge in [0.1, 0.15) is 11.4 Å². The minimum atomic E-state index is -0.922. The molecule has 1 fully saturated rings. The van der Waals surface area contributed by atoms with E-state index in [1.165, 1.54) is 0 Å². The van der Waals surface area contributed by atoms with Crippen LogP contribution in [0.3, 0.4) is 0 Å². The number of fused-ring (bicyclic) bond motifs is 1. The number of nitrogens with zero attached hydrogens (tertiary/aromatic N) is 3. The normalized spacial score (nSPS) is 15.8. The van der Waals surface area contributed by atoms with Crippen LogP contribution in [-0.2, 0) is 0 Å².